The van der Waals surface area contributed by atoms with Crippen LogP contribution in [0.3, 0.4) is 0 Å². The highest BCUT2D eigenvalue weighted by atomic mass is 19.1. The molecule has 0 unspecified atom stereocenters. The number of ether oxygens (including phenoxy) is 3. The number of carbonyl (C=O) groups is 4. The Balaban J connectivity index is 1.15. The summed E-state index contributed by atoms with van der Waals surface area (Å²) in [6.07, 6.45) is -1.59. The first-order valence-electron chi connectivity index (χ1n) is 18.2. The normalized spacial score (nSPS) is 26.7. The number of anilines is 3. The molecule has 0 aromatic heterocycles. The molecule has 3 aromatic rings. The van der Waals surface area contributed by atoms with Gasteiger partial charge in [-0.25, -0.2) is 14.0 Å². The van der Waals surface area contributed by atoms with E-state index in [1.807, 2.05) is 36.4 Å². The van der Waals surface area contributed by atoms with Crippen molar-refractivity contribution in [2.24, 2.45) is 11.8 Å². The lowest BCUT2D eigenvalue weighted by Crippen LogP contribution is -2.48. The summed E-state index contributed by atoms with van der Waals surface area (Å²) in [5, 5.41) is 10.3. The second kappa shape index (κ2) is 13.1. The second-order valence-electron chi connectivity index (χ2n) is 15.1. The third kappa shape index (κ3) is 5.81. The molecule has 0 radical (unpaired) electrons. The zero-order valence-corrected chi connectivity index (χ0v) is 30.0. The first kappa shape index (κ1) is 35.0. The summed E-state index contributed by atoms with van der Waals surface area (Å²) in [7, 11) is 0. The van der Waals surface area contributed by atoms with Crippen LogP contribution in [0.25, 0.3) is 0 Å². The van der Waals surface area contributed by atoms with Gasteiger partial charge >= 0.3 is 12.2 Å². The van der Waals surface area contributed by atoms with Crippen LogP contribution >= 0.6 is 0 Å². The number of carbonyl (C=O) groups excluding carboxylic acids is 4. The molecule has 3 saturated heterocycles. The van der Waals surface area contributed by atoms with Gasteiger partial charge in [-0.15, -0.1) is 0 Å². The van der Waals surface area contributed by atoms with Crippen LogP contribution in [-0.2, 0) is 48.9 Å². The molecule has 0 aliphatic carbocycles. The highest BCUT2D eigenvalue weighted by Crippen LogP contribution is 2.59. The number of rotatable bonds is 8. The van der Waals surface area contributed by atoms with Gasteiger partial charge in [0.2, 0.25) is 5.91 Å². The van der Waals surface area contributed by atoms with Gasteiger partial charge in [0.25, 0.3) is 5.91 Å². The molecule has 5 atom stereocenters. The average molecular weight is 727 g/mol. The summed E-state index contributed by atoms with van der Waals surface area (Å²) < 4.78 is 33.7. The molecule has 0 saturated carbocycles. The number of aliphatic hydroxyl groups excluding tert-OH is 1. The van der Waals surface area contributed by atoms with Crippen molar-refractivity contribution in [3.8, 4) is 0 Å². The van der Waals surface area contributed by atoms with Crippen molar-refractivity contribution in [1.29, 1.82) is 0 Å². The van der Waals surface area contributed by atoms with Crippen molar-refractivity contribution < 1.29 is 42.9 Å². The number of aliphatic hydroxyl groups is 1. The minimum absolute atomic E-state index is 0.151. The van der Waals surface area contributed by atoms with Gasteiger partial charge in [0.1, 0.15) is 18.9 Å². The van der Waals surface area contributed by atoms with Crippen LogP contribution in [-0.4, -0.2) is 84.7 Å². The maximum atomic E-state index is 16.5. The number of hydrogen-bond donors (Lipinski definition) is 1. The lowest BCUT2D eigenvalue weighted by atomic mass is 9.71. The number of cyclic esters (lactones) is 2. The maximum Gasteiger partial charge on any atom is 0.414 e. The Morgan fingerprint density at radius 1 is 0.925 bits per heavy atom. The maximum absolute atomic E-state index is 16.5. The van der Waals surface area contributed by atoms with Crippen molar-refractivity contribution in [1.82, 2.24) is 4.90 Å². The number of nitrogens with zero attached hydrogens (tertiary/aromatic N) is 4. The fraction of sp³-hybridized carbons (Fsp3) is 0.450. The van der Waals surface area contributed by atoms with Crippen molar-refractivity contribution in [2.45, 2.75) is 70.1 Å². The molecule has 3 fully saturated rings. The third-order valence-electron chi connectivity index (χ3n) is 11.6. The van der Waals surface area contributed by atoms with E-state index in [2.05, 4.69) is 0 Å². The molecule has 1 N–H and O–H groups in total. The predicted molar refractivity (Wildman–Crippen MR) is 192 cm³/mol. The molecule has 5 heterocycles. The number of hydrogen-bond acceptors (Lipinski definition) is 8. The smallest absolute Gasteiger partial charge is 0.414 e. The zero-order chi connectivity index (χ0) is 37.2. The van der Waals surface area contributed by atoms with Crippen molar-refractivity contribution >= 4 is 41.1 Å². The molecule has 5 aliphatic heterocycles. The topological polar surface area (TPSA) is 129 Å². The lowest BCUT2D eigenvalue weighted by molar-refractivity contribution is -0.151. The molecule has 8 rings (SSSR count). The van der Waals surface area contributed by atoms with Gasteiger partial charge in [-0.2, -0.15) is 0 Å². The number of benzene rings is 3. The Kier molecular flexibility index (Phi) is 8.68. The van der Waals surface area contributed by atoms with E-state index < -0.39 is 53.3 Å². The van der Waals surface area contributed by atoms with Gasteiger partial charge in [-0.1, -0.05) is 43.3 Å². The number of halogens is 1. The number of fused-ring (bicyclic) bond motifs is 3. The van der Waals surface area contributed by atoms with E-state index in [0.29, 0.717) is 55.3 Å². The molecule has 0 bridgehead atoms. The molecule has 4 amide bonds. The monoisotopic (exact) mass is 726 g/mol. The molecule has 12 nitrogen and oxygen atoms in total. The van der Waals surface area contributed by atoms with E-state index in [1.54, 1.807) is 52.0 Å². The van der Waals surface area contributed by atoms with Crippen LogP contribution in [0.15, 0.2) is 66.7 Å². The van der Waals surface area contributed by atoms with Gasteiger partial charge in [0.05, 0.1) is 50.5 Å². The van der Waals surface area contributed by atoms with Gasteiger partial charge in [0, 0.05) is 35.3 Å². The largest absolute Gasteiger partial charge is 0.447 e. The number of amides is 4. The Morgan fingerprint density at radius 3 is 2.19 bits per heavy atom. The quantitative estimate of drug-likeness (QED) is 0.341. The molecule has 53 heavy (non-hydrogen) atoms. The van der Waals surface area contributed by atoms with Gasteiger partial charge < -0.3 is 29.1 Å². The van der Waals surface area contributed by atoms with E-state index in [4.69, 9.17) is 14.2 Å². The molecule has 1 spiro atoms. The molecular weight excluding hydrogens is 683 g/mol. The minimum atomic E-state index is -1.85. The molecule has 278 valence electrons. The first-order valence-corrected chi connectivity index (χ1v) is 18.2. The molecule has 5 aliphatic rings. The standard InChI is InChI=1S/C40H43FN4O8/c1-24-35(39(2,3)41)33(20-34(47)44-22-27-7-5-4-6-26(27)18-30(44)23-46)53-40(24)31-19-29(43-15-17-52-38(43)50)12-13-32(31)45(36(40)48)21-25-8-10-28(11-9-25)42-14-16-51-37(42)49/h4-13,19,24,30,33,35,46H,14-18,20-23H2,1-3H3/t24-,30-,33+,35-,40+/m0/s1. The Labute approximate surface area is 307 Å². The lowest BCUT2D eigenvalue weighted by Gasteiger charge is -2.37. The van der Waals surface area contributed by atoms with Gasteiger partial charge in [-0.3, -0.25) is 19.4 Å². The van der Waals surface area contributed by atoms with Crippen molar-refractivity contribution in [2.75, 3.05) is 47.6 Å². The summed E-state index contributed by atoms with van der Waals surface area (Å²) in [6.45, 7) is 6.25. The molecular formula is C40H43FN4O8. The second-order valence-corrected chi connectivity index (χ2v) is 15.1. The average Bonchev–Trinajstić information content (AvgIpc) is 3.90. The summed E-state index contributed by atoms with van der Waals surface area (Å²) in [5.74, 6) is -2.28. The fourth-order valence-electron chi connectivity index (χ4n) is 9.11. The van der Waals surface area contributed by atoms with Crippen LogP contribution in [0.4, 0.5) is 31.0 Å². The van der Waals surface area contributed by atoms with Crippen LogP contribution in [0.5, 0.6) is 0 Å². The summed E-state index contributed by atoms with van der Waals surface area (Å²) in [5.41, 5.74) is 1.57. The molecule has 3 aromatic carbocycles. The van der Waals surface area contributed by atoms with Gasteiger partial charge in [0.15, 0.2) is 5.60 Å². The van der Waals surface area contributed by atoms with Crippen LogP contribution in [0.2, 0.25) is 0 Å². The van der Waals surface area contributed by atoms with E-state index >= 15 is 9.18 Å². The van der Waals surface area contributed by atoms with Crippen molar-refractivity contribution in [3.63, 3.8) is 0 Å². The summed E-state index contributed by atoms with van der Waals surface area (Å²) in [4.78, 5) is 60.3. The third-order valence-corrected chi connectivity index (χ3v) is 11.6. The van der Waals surface area contributed by atoms with Crippen molar-refractivity contribution in [3.05, 3.63) is 89.0 Å². The Bertz CT molecular complexity index is 1970. The fourth-order valence-corrected chi connectivity index (χ4v) is 9.11. The molecule has 13 heteroatoms. The highest BCUT2D eigenvalue weighted by molar-refractivity contribution is 6.08. The van der Waals surface area contributed by atoms with E-state index in [-0.39, 0.29) is 32.1 Å². The van der Waals surface area contributed by atoms with Crippen LogP contribution in [0, 0.1) is 11.8 Å². The van der Waals surface area contributed by atoms with Crippen LogP contribution < -0.4 is 14.7 Å². The summed E-state index contributed by atoms with van der Waals surface area (Å²) >= 11 is 0. The number of alkyl halides is 1. The zero-order valence-electron chi connectivity index (χ0n) is 30.0. The van der Waals surface area contributed by atoms with E-state index in [0.717, 1.165) is 16.7 Å². The van der Waals surface area contributed by atoms with Gasteiger partial charge in [-0.05, 0) is 67.3 Å². The SMILES string of the molecule is C[C@H]1[C@H](C(C)(C)F)[C@@H](CC(=O)N2Cc3ccccc3C[C@H]2CO)O[C@]12C(=O)N(Cc1ccc(N3CCOC3=O)cc1)c1ccc(N3CCOC3=O)cc12. The summed E-state index contributed by atoms with van der Waals surface area (Å²) in [6, 6.07) is 19.9. The van der Waals surface area contributed by atoms with E-state index in [1.165, 1.54) is 18.7 Å². The Morgan fingerprint density at radius 2 is 1.57 bits per heavy atom. The first-order chi connectivity index (χ1) is 25.4. The minimum Gasteiger partial charge on any atom is -0.447 e. The predicted octanol–water partition coefficient (Wildman–Crippen LogP) is 5.08. The van der Waals surface area contributed by atoms with E-state index in [9.17, 15) is 19.5 Å². The highest BCUT2D eigenvalue weighted by Gasteiger charge is 2.66. The Hall–Kier alpha value is -5.01. The van der Waals surface area contributed by atoms with Crippen LogP contribution in [0.1, 0.15) is 49.4 Å².